The third-order valence-electron chi connectivity index (χ3n) is 8.17. The molecule has 5 rings (SSSR count). The first-order chi connectivity index (χ1) is 18.7. The number of nitriles is 1. The number of carbonyl (C=O) groups is 2. The molecule has 0 bridgehead atoms. The molecule has 2 aliphatic rings. The fraction of sp³-hybridized carbons (Fsp3) is 0.355. The van der Waals surface area contributed by atoms with E-state index in [0.717, 1.165) is 40.2 Å². The van der Waals surface area contributed by atoms with Gasteiger partial charge in [-0.25, -0.2) is 4.98 Å². The Bertz CT molecular complexity index is 1460. The normalized spacial score (nSPS) is 20.9. The minimum absolute atomic E-state index is 0.0443. The largest absolute Gasteiger partial charge is 0.493 e. The van der Waals surface area contributed by atoms with Gasteiger partial charge in [0.15, 0.2) is 0 Å². The molecule has 1 aromatic heterocycles. The number of ether oxygens (including phenoxy) is 1. The van der Waals surface area contributed by atoms with E-state index in [1.54, 1.807) is 18.2 Å². The number of benzene rings is 2. The molecular weight excluding hydrogens is 492 g/mol. The van der Waals surface area contributed by atoms with Crippen molar-refractivity contribution in [1.29, 1.82) is 5.26 Å². The molecule has 1 fully saturated rings. The summed E-state index contributed by atoms with van der Waals surface area (Å²) in [5, 5.41) is 21.5. The maximum absolute atomic E-state index is 13.7. The highest BCUT2D eigenvalue weighted by Crippen LogP contribution is 2.65. The molecular formula is C31H32N4O4. The van der Waals surface area contributed by atoms with Gasteiger partial charge in [0.1, 0.15) is 11.6 Å². The van der Waals surface area contributed by atoms with E-state index in [-0.39, 0.29) is 29.6 Å². The number of amides is 1. The molecule has 39 heavy (non-hydrogen) atoms. The molecule has 0 saturated heterocycles. The minimum Gasteiger partial charge on any atom is -0.493 e. The summed E-state index contributed by atoms with van der Waals surface area (Å²) in [5.74, 6) is 0.608. The van der Waals surface area contributed by atoms with Crippen molar-refractivity contribution in [3.63, 3.8) is 0 Å². The van der Waals surface area contributed by atoms with Crippen LogP contribution in [0, 0.1) is 23.2 Å². The van der Waals surface area contributed by atoms with Crippen molar-refractivity contribution in [2.45, 2.75) is 38.0 Å². The number of carboxylic acid groups (broad SMARTS) is 1. The standard InChI is InChI=1S/C31H32N4O4/c1-19-29(30(38)34-25-15-20(17-32)7-8-21(25)5-4-6-28(36)37)31(19)13-14-39-26-11-9-22(16-24(26)31)23-10-12-27(33-18-23)35(2)3/h7-12,15-16,18-19,29H,4-6,13-14H2,1-3H3,(H,34,38)(H,36,37)/t19?,29?,31-/m0/s1. The predicted molar refractivity (Wildman–Crippen MR) is 149 cm³/mol. The van der Waals surface area contributed by atoms with Crippen LogP contribution in [0.1, 0.15) is 42.9 Å². The van der Waals surface area contributed by atoms with Gasteiger partial charge in [0.2, 0.25) is 5.91 Å². The number of carboxylic acids is 1. The van der Waals surface area contributed by atoms with Crippen LogP contribution in [0.5, 0.6) is 5.75 Å². The third kappa shape index (κ3) is 4.92. The maximum Gasteiger partial charge on any atom is 0.303 e. The third-order valence-corrected chi connectivity index (χ3v) is 8.17. The molecule has 1 amide bonds. The quantitative estimate of drug-likeness (QED) is 0.425. The van der Waals surface area contributed by atoms with Gasteiger partial charge in [-0.2, -0.15) is 5.26 Å². The molecule has 1 saturated carbocycles. The number of anilines is 2. The molecule has 2 unspecified atom stereocenters. The summed E-state index contributed by atoms with van der Waals surface area (Å²) in [6.07, 6.45) is 3.60. The second-order valence-electron chi connectivity index (χ2n) is 10.6. The number of hydrogen-bond acceptors (Lipinski definition) is 6. The van der Waals surface area contributed by atoms with E-state index in [9.17, 15) is 14.9 Å². The molecule has 3 aromatic rings. The van der Waals surface area contributed by atoms with Crippen LogP contribution < -0.4 is 15.0 Å². The number of nitrogens with one attached hydrogen (secondary N) is 1. The second-order valence-corrected chi connectivity index (χ2v) is 10.6. The summed E-state index contributed by atoms with van der Waals surface area (Å²) in [5.41, 5.74) is 4.58. The van der Waals surface area contributed by atoms with Crippen LogP contribution in [0.2, 0.25) is 0 Å². The number of aryl methyl sites for hydroxylation is 1. The Morgan fingerprint density at radius 1 is 1.18 bits per heavy atom. The molecule has 2 aromatic carbocycles. The highest BCUT2D eigenvalue weighted by molar-refractivity contribution is 5.97. The summed E-state index contributed by atoms with van der Waals surface area (Å²) < 4.78 is 6.01. The smallest absolute Gasteiger partial charge is 0.303 e. The van der Waals surface area contributed by atoms with Crippen LogP contribution in [0.15, 0.2) is 54.7 Å². The number of hydrogen-bond donors (Lipinski definition) is 2. The van der Waals surface area contributed by atoms with Gasteiger partial charge in [-0.15, -0.1) is 0 Å². The Balaban J connectivity index is 1.41. The van der Waals surface area contributed by atoms with Crippen LogP contribution in [0.3, 0.4) is 0 Å². The van der Waals surface area contributed by atoms with E-state index < -0.39 is 5.97 Å². The van der Waals surface area contributed by atoms with Crippen molar-refractivity contribution in [1.82, 2.24) is 4.98 Å². The van der Waals surface area contributed by atoms with E-state index in [2.05, 4.69) is 35.4 Å². The van der Waals surface area contributed by atoms with Gasteiger partial charge in [0.25, 0.3) is 0 Å². The summed E-state index contributed by atoms with van der Waals surface area (Å²) in [6, 6.07) is 17.5. The Morgan fingerprint density at radius 3 is 2.67 bits per heavy atom. The Labute approximate surface area is 228 Å². The average Bonchev–Trinajstić information content (AvgIpc) is 3.52. The van der Waals surface area contributed by atoms with Gasteiger partial charge >= 0.3 is 5.97 Å². The number of fused-ring (bicyclic) bond motifs is 2. The Morgan fingerprint density at radius 2 is 1.97 bits per heavy atom. The fourth-order valence-electron chi connectivity index (χ4n) is 5.99. The molecule has 0 radical (unpaired) electrons. The van der Waals surface area contributed by atoms with Crippen molar-refractivity contribution in [3.05, 3.63) is 71.4 Å². The second kappa shape index (κ2) is 10.4. The minimum atomic E-state index is -0.857. The van der Waals surface area contributed by atoms with Gasteiger partial charge < -0.3 is 20.1 Å². The van der Waals surface area contributed by atoms with Crippen molar-refractivity contribution in [2.24, 2.45) is 11.8 Å². The van der Waals surface area contributed by atoms with Gasteiger partial charge in [0.05, 0.1) is 24.2 Å². The molecule has 8 heteroatoms. The lowest BCUT2D eigenvalue weighted by molar-refractivity contribution is -0.137. The molecule has 8 nitrogen and oxygen atoms in total. The van der Waals surface area contributed by atoms with Crippen molar-refractivity contribution in [3.8, 4) is 22.9 Å². The van der Waals surface area contributed by atoms with Crippen LogP contribution in [0.25, 0.3) is 11.1 Å². The van der Waals surface area contributed by atoms with Gasteiger partial charge in [0, 0.05) is 48.9 Å². The molecule has 2 heterocycles. The molecule has 3 atom stereocenters. The predicted octanol–water partition coefficient (Wildman–Crippen LogP) is 5.02. The Hall–Kier alpha value is -4.38. The molecule has 200 valence electrons. The summed E-state index contributed by atoms with van der Waals surface area (Å²) in [7, 11) is 3.91. The van der Waals surface area contributed by atoms with Crippen LogP contribution in [-0.4, -0.2) is 42.7 Å². The lowest BCUT2D eigenvalue weighted by Crippen LogP contribution is -2.27. The molecule has 2 N–H and O–H groups in total. The first-order valence-corrected chi connectivity index (χ1v) is 13.2. The van der Waals surface area contributed by atoms with Crippen molar-refractivity contribution in [2.75, 3.05) is 30.9 Å². The topological polar surface area (TPSA) is 116 Å². The number of aliphatic carboxylic acids is 1. The van der Waals surface area contributed by atoms with Gasteiger partial charge in [-0.3, -0.25) is 9.59 Å². The van der Waals surface area contributed by atoms with Gasteiger partial charge in [-0.05, 0) is 72.7 Å². The van der Waals surface area contributed by atoms with Crippen LogP contribution in [0.4, 0.5) is 11.5 Å². The van der Waals surface area contributed by atoms with E-state index in [1.165, 1.54) is 0 Å². The van der Waals surface area contributed by atoms with Crippen molar-refractivity contribution >= 4 is 23.4 Å². The first kappa shape index (κ1) is 26.2. The number of pyridine rings is 1. The molecule has 1 aliphatic carbocycles. The fourth-order valence-corrected chi connectivity index (χ4v) is 5.99. The van der Waals surface area contributed by atoms with Crippen molar-refractivity contribution < 1.29 is 19.4 Å². The number of carbonyl (C=O) groups excluding carboxylic acids is 1. The van der Waals surface area contributed by atoms with E-state index in [1.807, 2.05) is 43.4 Å². The monoisotopic (exact) mass is 524 g/mol. The van der Waals surface area contributed by atoms with E-state index in [0.29, 0.717) is 30.7 Å². The van der Waals surface area contributed by atoms with Crippen LogP contribution in [-0.2, 0) is 21.4 Å². The van der Waals surface area contributed by atoms with E-state index >= 15 is 0 Å². The number of nitrogens with zero attached hydrogens (tertiary/aromatic N) is 3. The summed E-state index contributed by atoms with van der Waals surface area (Å²) >= 11 is 0. The van der Waals surface area contributed by atoms with E-state index in [4.69, 9.17) is 9.84 Å². The zero-order valence-electron chi connectivity index (χ0n) is 22.4. The zero-order chi connectivity index (χ0) is 27.7. The highest BCUT2D eigenvalue weighted by atomic mass is 16.5. The Kier molecular flexibility index (Phi) is 7.00. The SMILES string of the molecule is CC1C(C(=O)Nc2cc(C#N)ccc2CCCC(=O)O)[C@@]12CCOc1ccc(-c3ccc(N(C)C)nc3)cc12. The lowest BCUT2D eigenvalue weighted by Gasteiger charge is -2.28. The number of aromatic nitrogens is 1. The number of rotatable bonds is 8. The molecule has 1 spiro atoms. The zero-order valence-corrected chi connectivity index (χ0v) is 22.4. The average molecular weight is 525 g/mol. The lowest BCUT2D eigenvalue weighted by atomic mass is 9.84. The van der Waals surface area contributed by atoms with Gasteiger partial charge in [-0.1, -0.05) is 19.1 Å². The summed E-state index contributed by atoms with van der Waals surface area (Å²) in [4.78, 5) is 31.2. The van der Waals surface area contributed by atoms with Crippen LogP contribution >= 0.6 is 0 Å². The first-order valence-electron chi connectivity index (χ1n) is 13.2. The molecule has 1 aliphatic heterocycles. The summed E-state index contributed by atoms with van der Waals surface area (Å²) in [6.45, 7) is 2.66. The maximum atomic E-state index is 13.7. The highest BCUT2D eigenvalue weighted by Gasteiger charge is 2.67.